The maximum Gasteiger partial charge on any atom is 0.255 e. The summed E-state index contributed by atoms with van der Waals surface area (Å²) in [7, 11) is 0. The Balaban J connectivity index is 2.25. The van der Waals surface area contributed by atoms with Crippen LogP contribution >= 0.6 is 0 Å². The van der Waals surface area contributed by atoms with Crippen molar-refractivity contribution in [2.75, 3.05) is 5.32 Å². The summed E-state index contributed by atoms with van der Waals surface area (Å²) in [5.41, 5.74) is 2.73. The van der Waals surface area contributed by atoms with Gasteiger partial charge >= 0.3 is 0 Å². The fraction of sp³-hybridized carbons (Fsp3) is 0.0667. The zero-order chi connectivity index (χ0) is 13.0. The van der Waals surface area contributed by atoms with Gasteiger partial charge < -0.3 is 5.32 Å². The van der Waals surface area contributed by atoms with Crippen molar-refractivity contribution in [3.8, 4) is 6.07 Å². The van der Waals surface area contributed by atoms with E-state index in [1.54, 1.807) is 24.3 Å². The van der Waals surface area contributed by atoms with E-state index in [-0.39, 0.29) is 5.91 Å². The lowest BCUT2D eigenvalue weighted by Crippen LogP contribution is -2.12. The van der Waals surface area contributed by atoms with Crippen LogP contribution in [0, 0.1) is 18.3 Å². The number of anilines is 1. The van der Waals surface area contributed by atoms with Crippen LogP contribution in [0.2, 0.25) is 0 Å². The van der Waals surface area contributed by atoms with Crippen molar-refractivity contribution < 1.29 is 4.79 Å². The summed E-state index contributed by atoms with van der Waals surface area (Å²) >= 11 is 0. The summed E-state index contributed by atoms with van der Waals surface area (Å²) in [4.78, 5) is 12.0. The molecule has 18 heavy (non-hydrogen) atoms. The minimum absolute atomic E-state index is 0.172. The molecule has 0 bridgehead atoms. The molecule has 0 heterocycles. The second-order valence-corrected chi connectivity index (χ2v) is 3.96. The molecule has 2 aromatic carbocycles. The maximum absolute atomic E-state index is 12.0. The van der Waals surface area contributed by atoms with E-state index in [2.05, 4.69) is 11.4 Å². The van der Waals surface area contributed by atoms with Crippen LogP contribution in [0.1, 0.15) is 21.5 Å². The molecule has 0 spiro atoms. The molecule has 0 aliphatic carbocycles. The Labute approximate surface area is 106 Å². The van der Waals surface area contributed by atoms with Crippen LogP contribution < -0.4 is 5.32 Å². The van der Waals surface area contributed by atoms with Crippen molar-refractivity contribution in [1.82, 2.24) is 0 Å². The molecule has 1 amide bonds. The molecule has 0 radical (unpaired) electrons. The molecule has 2 rings (SSSR count). The Morgan fingerprint density at radius 1 is 1.17 bits per heavy atom. The number of aryl methyl sites for hydroxylation is 1. The predicted molar refractivity (Wildman–Crippen MR) is 70.3 cm³/mol. The smallest absolute Gasteiger partial charge is 0.255 e. The number of hydrogen-bond donors (Lipinski definition) is 1. The molecule has 0 aliphatic heterocycles. The van der Waals surface area contributed by atoms with Gasteiger partial charge in [0, 0.05) is 11.3 Å². The molecule has 2 aromatic rings. The van der Waals surface area contributed by atoms with E-state index in [1.807, 2.05) is 31.2 Å². The van der Waals surface area contributed by atoms with E-state index in [0.717, 1.165) is 5.56 Å². The zero-order valence-corrected chi connectivity index (χ0v) is 9.97. The Kier molecular flexibility index (Phi) is 3.40. The number of amides is 1. The monoisotopic (exact) mass is 236 g/mol. The number of hydrogen-bond acceptors (Lipinski definition) is 2. The van der Waals surface area contributed by atoms with Crippen LogP contribution in [0.15, 0.2) is 48.5 Å². The molecular weight excluding hydrogens is 224 g/mol. The van der Waals surface area contributed by atoms with Crippen molar-refractivity contribution in [3.05, 3.63) is 65.2 Å². The van der Waals surface area contributed by atoms with Crippen molar-refractivity contribution >= 4 is 11.6 Å². The summed E-state index contributed by atoms with van der Waals surface area (Å²) in [6.07, 6.45) is 0. The third kappa shape index (κ3) is 2.55. The number of benzene rings is 2. The molecule has 0 fully saturated rings. The fourth-order valence-electron chi connectivity index (χ4n) is 1.61. The number of nitrogens with zero attached hydrogens (tertiary/aromatic N) is 1. The molecule has 0 unspecified atom stereocenters. The highest BCUT2D eigenvalue weighted by Gasteiger charge is 2.07. The van der Waals surface area contributed by atoms with Gasteiger partial charge in [-0.15, -0.1) is 0 Å². The van der Waals surface area contributed by atoms with Gasteiger partial charge in [0.25, 0.3) is 5.91 Å². The van der Waals surface area contributed by atoms with Crippen LogP contribution in [0.5, 0.6) is 0 Å². The normalized spacial score (nSPS) is 9.56. The fourth-order valence-corrected chi connectivity index (χ4v) is 1.61. The van der Waals surface area contributed by atoms with Gasteiger partial charge in [-0.1, -0.05) is 24.3 Å². The quantitative estimate of drug-likeness (QED) is 0.870. The minimum Gasteiger partial charge on any atom is -0.322 e. The molecule has 0 atom stereocenters. The largest absolute Gasteiger partial charge is 0.322 e. The molecule has 88 valence electrons. The Hall–Kier alpha value is -2.60. The maximum atomic E-state index is 12.0. The van der Waals surface area contributed by atoms with E-state index >= 15 is 0 Å². The van der Waals surface area contributed by atoms with Gasteiger partial charge in [-0.3, -0.25) is 4.79 Å². The Bertz CT molecular complexity index is 612. The average Bonchev–Trinajstić information content (AvgIpc) is 2.42. The second kappa shape index (κ2) is 5.15. The lowest BCUT2D eigenvalue weighted by Gasteiger charge is -2.08. The highest BCUT2D eigenvalue weighted by Crippen LogP contribution is 2.17. The number of rotatable bonds is 2. The predicted octanol–water partition coefficient (Wildman–Crippen LogP) is 3.12. The number of nitriles is 1. The highest BCUT2D eigenvalue weighted by molar-refractivity contribution is 6.04. The molecule has 0 saturated heterocycles. The van der Waals surface area contributed by atoms with Gasteiger partial charge in [0.2, 0.25) is 0 Å². The van der Waals surface area contributed by atoms with Gasteiger partial charge in [-0.25, -0.2) is 0 Å². The van der Waals surface area contributed by atoms with Gasteiger partial charge in [-0.2, -0.15) is 5.26 Å². The zero-order valence-electron chi connectivity index (χ0n) is 9.97. The standard InChI is InChI=1S/C15H12N2O/c1-11-7-8-12(10-16)9-14(11)17-15(18)13-5-3-2-4-6-13/h2-9H,1H3,(H,17,18). The van der Waals surface area contributed by atoms with Crippen molar-refractivity contribution in [3.63, 3.8) is 0 Å². The van der Waals surface area contributed by atoms with Crippen LogP contribution in [0.25, 0.3) is 0 Å². The average molecular weight is 236 g/mol. The van der Waals surface area contributed by atoms with Gasteiger partial charge in [0.1, 0.15) is 0 Å². The molecule has 3 heteroatoms. The number of carbonyl (C=O) groups excluding carboxylic acids is 1. The van der Waals surface area contributed by atoms with Crippen LogP contribution in [-0.2, 0) is 0 Å². The van der Waals surface area contributed by atoms with Crippen LogP contribution in [0.3, 0.4) is 0 Å². The number of carbonyl (C=O) groups is 1. The summed E-state index contributed by atoms with van der Waals surface area (Å²) < 4.78 is 0. The van der Waals surface area contributed by atoms with Gasteiger partial charge in [-0.05, 0) is 36.8 Å². The van der Waals surface area contributed by atoms with Crippen molar-refractivity contribution in [1.29, 1.82) is 5.26 Å². The number of nitrogens with one attached hydrogen (secondary N) is 1. The van der Waals surface area contributed by atoms with Gasteiger partial charge in [0.05, 0.1) is 11.6 Å². The van der Waals surface area contributed by atoms with E-state index in [4.69, 9.17) is 5.26 Å². The molecule has 0 aliphatic rings. The van der Waals surface area contributed by atoms with Crippen LogP contribution in [-0.4, -0.2) is 5.91 Å². The Morgan fingerprint density at radius 2 is 1.89 bits per heavy atom. The second-order valence-electron chi connectivity index (χ2n) is 3.96. The summed E-state index contributed by atoms with van der Waals surface area (Å²) in [5.74, 6) is -0.172. The molecule has 1 N–H and O–H groups in total. The van der Waals surface area contributed by atoms with Crippen molar-refractivity contribution in [2.45, 2.75) is 6.92 Å². The summed E-state index contributed by atoms with van der Waals surface area (Å²) in [6.45, 7) is 1.89. The van der Waals surface area contributed by atoms with E-state index in [1.165, 1.54) is 0 Å². The lowest BCUT2D eigenvalue weighted by molar-refractivity contribution is 0.102. The van der Waals surface area contributed by atoms with Crippen molar-refractivity contribution in [2.24, 2.45) is 0 Å². The van der Waals surface area contributed by atoms with E-state index in [0.29, 0.717) is 16.8 Å². The first-order chi connectivity index (χ1) is 8.70. The summed E-state index contributed by atoms with van der Waals surface area (Å²) in [5, 5.41) is 11.7. The molecule has 0 aromatic heterocycles. The highest BCUT2D eigenvalue weighted by atomic mass is 16.1. The SMILES string of the molecule is Cc1ccc(C#N)cc1NC(=O)c1ccccc1. The first-order valence-corrected chi connectivity index (χ1v) is 5.58. The third-order valence-electron chi connectivity index (χ3n) is 2.65. The third-order valence-corrected chi connectivity index (χ3v) is 2.65. The first kappa shape index (κ1) is 11.9. The molecular formula is C15H12N2O. The van der Waals surface area contributed by atoms with Gasteiger partial charge in [0.15, 0.2) is 0 Å². The lowest BCUT2D eigenvalue weighted by atomic mass is 10.1. The van der Waals surface area contributed by atoms with Crippen LogP contribution in [0.4, 0.5) is 5.69 Å². The minimum atomic E-state index is -0.172. The summed E-state index contributed by atoms with van der Waals surface area (Å²) in [6, 6.07) is 16.3. The van der Waals surface area contributed by atoms with E-state index < -0.39 is 0 Å². The molecule has 0 saturated carbocycles. The van der Waals surface area contributed by atoms with E-state index in [9.17, 15) is 4.79 Å². The molecule has 3 nitrogen and oxygen atoms in total. The Morgan fingerprint density at radius 3 is 2.56 bits per heavy atom. The topological polar surface area (TPSA) is 52.9 Å². The first-order valence-electron chi connectivity index (χ1n) is 5.58.